The van der Waals surface area contributed by atoms with E-state index >= 15 is 0 Å². The van der Waals surface area contributed by atoms with Crippen LogP contribution in [0.15, 0.2) is 40.9 Å². The van der Waals surface area contributed by atoms with Gasteiger partial charge in [0.05, 0.1) is 17.6 Å². The first-order valence-electron chi connectivity index (χ1n) is 5.57. The Bertz CT molecular complexity index is 606. The lowest BCUT2D eigenvalue weighted by molar-refractivity contribution is 0.412. The lowest BCUT2D eigenvalue weighted by atomic mass is 9.99. The molecule has 2 aromatic rings. The van der Waals surface area contributed by atoms with E-state index in [0.717, 1.165) is 10.0 Å². The average molecular weight is 345 g/mol. The molecule has 1 unspecified atom stereocenters. The summed E-state index contributed by atoms with van der Waals surface area (Å²) in [4.78, 5) is 0. The fraction of sp³-hybridized carbons (Fsp3) is 0.143. The molecule has 100 valence electrons. The zero-order valence-electron chi connectivity index (χ0n) is 10.2. The Morgan fingerprint density at radius 2 is 2.00 bits per heavy atom. The van der Waals surface area contributed by atoms with E-state index in [0.29, 0.717) is 16.3 Å². The van der Waals surface area contributed by atoms with E-state index in [1.807, 2.05) is 12.1 Å². The molecule has 2 rings (SSSR count). The Kier molecular flexibility index (Phi) is 4.45. The zero-order valence-corrected chi connectivity index (χ0v) is 12.5. The highest BCUT2D eigenvalue weighted by Gasteiger charge is 2.15. The molecule has 0 aliphatic rings. The maximum Gasteiger partial charge on any atom is 0.133 e. The quantitative estimate of drug-likeness (QED) is 0.901. The Balaban J connectivity index is 2.38. The maximum absolute atomic E-state index is 13.8. The van der Waals surface area contributed by atoms with Crippen molar-refractivity contribution in [1.82, 2.24) is 0 Å². The van der Waals surface area contributed by atoms with E-state index in [1.165, 1.54) is 6.07 Å². The second-order valence-electron chi connectivity index (χ2n) is 4.04. The summed E-state index contributed by atoms with van der Waals surface area (Å²) in [5.41, 5.74) is 7.27. The van der Waals surface area contributed by atoms with Crippen molar-refractivity contribution in [2.45, 2.75) is 6.04 Å². The number of rotatable bonds is 3. The highest BCUT2D eigenvalue weighted by molar-refractivity contribution is 9.10. The molecule has 0 aliphatic carbocycles. The van der Waals surface area contributed by atoms with Gasteiger partial charge in [0.2, 0.25) is 0 Å². The van der Waals surface area contributed by atoms with Crippen LogP contribution in [0.4, 0.5) is 4.39 Å². The molecule has 2 N–H and O–H groups in total. The lowest BCUT2D eigenvalue weighted by Gasteiger charge is -2.15. The minimum atomic E-state index is -0.556. The number of ether oxygens (including phenoxy) is 1. The van der Waals surface area contributed by atoms with Crippen molar-refractivity contribution >= 4 is 27.5 Å². The molecule has 0 aromatic heterocycles. The molecule has 0 aliphatic heterocycles. The van der Waals surface area contributed by atoms with E-state index < -0.39 is 11.9 Å². The topological polar surface area (TPSA) is 35.2 Å². The number of methoxy groups -OCH3 is 1. The van der Waals surface area contributed by atoms with Gasteiger partial charge >= 0.3 is 0 Å². The SMILES string of the molecule is COc1ccc(C(N)c2ccc(Cl)cc2F)cc1Br. The van der Waals surface area contributed by atoms with Gasteiger partial charge in [-0.1, -0.05) is 23.7 Å². The molecule has 2 aromatic carbocycles. The fourth-order valence-corrected chi connectivity index (χ4v) is 2.53. The van der Waals surface area contributed by atoms with Gasteiger partial charge in [-0.05, 0) is 45.8 Å². The largest absolute Gasteiger partial charge is 0.496 e. The molecule has 0 amide bonds. The molecule has 0 spiro atoms. The molecule has 0 heterocycles. The van der Waals surface area contributed by atoms with Crippen molar-refractivity contribution in [2.75, 3.05) is 7.11 Å². The van der Waals surface area contributed by atoms with Crippen molar-refractivity contribution in [3.05, 3.63) is 62.8 Å². The summed E-state index contributed by atoms with van der Waals surface area (Å²) < 4.78 is 19.8. The summed E-state index contributed by atoms with van der Waals surface area (Å²) in [6.45, 7) is 0. The molecule has 5 heteroatoms. The first kappa shape index (κ1) is 14.3. The van der Waals surface area contributed by atoms with Crippen LogP contribution < -0.4 is 10.5 Å². The van der Waals surface area contributed by atoms with Gasteiger partial charge in [0.1, 0.15) is 11.6 Å². The van der Waals surface area contributed by atoms with Crippen molar-refractivity contribution in [3.8, 4) is 5.75 Å². The van der Waals surface area contributed by atoms with Gasteiger partial charge in [-0.2, -0.15) is 0 Å². The Morgan fingerprint density at radius 1 is 1.26 bits per heavy atom. The highest BCUT2D eigenvalue weighted by atomic mass is 79.9. The molecule has 2 nitrogen and oxygen atoms in total. The van der Waals surface area contributed by atoms with Crippen LogP contribution in [-0.4, -0.2) is 7.11 Å². The maximum atomic E-state index is 13.8. The third-order valence-corrected chi connectivity index (χ3v) is 3.69. The molecule has 0 saturated heterocycles. The molecule has 0 saturated carbocycles. The van der Waals surface area contributed by atoms with Crippen LogP contribution in [-0.2, 0) is 0 Å². The Labute approximate surface area is 124 Å². The van der Waals surface area contributed by atoms with E-state index in [2.05, 4.69) is 15.9 Å². The van der Waals surface area contributed by atoms with Crippen LogP contribution in [0.25, 0.3) is 0 Å². The molecule has 0 radical (unpaired) electrons. The highest BCUT2D eigenvalue weighted by Crippen LogP contribution is 2.30. The van der Waals surface area contributed by atoms with Crippen LogP contribution in [0.3, 0.4) is 0 Å². The van der Waals surface area contributed by atoms with Gasteiger partial charge in [0.15, 0.2) is 0 Å². The Morgan fingerprint density at radius 3 is 2.58 bits per heavy atom. The van der Waals surface area contributed by atoms with Gasteiger partial charge in [0.25, 0.3) is 0 Å². The number of hydrogen-bond donors (Lipinski definition) is 1. The Hall–Kier alpha value is -1.10. The van der Waals surface area contributed by atoms with Gasteiger partial charge in [-0.15, -0.1) is 0 Å². The summed E-state index contributed by atoms with van der Waals surface area (Å²) in [6, 6.07) is 9.33. The van der Waals surface area contributed by atoms with Crippen LogP contribution >= 0.6 is 27.5 Å². The average Bonchev–Trinajstić information content (AvgIpc) is 2.38. The van der Waals surface area contributed by atoms with E-state index in [9.17, 15) is 4.39 Å². The standard InChI is InChI=1S/C14H12BrClFNO/c1-19-13-5-2-8(6-11(13)15)14(18)10-4-3-9(16)7-12(10)17/h2-7,14H,18H2,1H3. The van der Waals surface area contributed by atoms with Gasteiger partial charge < -0.3 is 10.5 Å². The number of nitrogens with two attached hydrogens (primary N) is 1. The molecule has 0 bridgehead atoms. The molecular formula is C14H12BrClFNO. The third-order valence-electron chi connectivity index (χ3n) is 2.83. The van der Waals surface area contributed by atoms with Crippen molar-refractivity contribution in [3.63, 3.8) is 0 Å². The minimum absolute atomic E-state index is 0.351. The van der Waals surface area contributed by atoms with Crippen molar-refractivity contribution < 1.29 is 9.13 Å². The predicted molar refractivity (Wildman–Crippen MR) is 78.1 cm³/mol. The van der Waals surface area contributed by atoms with Crippen LogP contribution in [0.5, 0.6) is 5.75 Å². The van der Waals surface area contributed by atoms with E-state index in [-0.39, 0.29) is 0 Å². The summed E-state index contributed by atoms with van der Waals surface area (Å²) in [7, 11) is 1.58. The number of halogens is 3. The molecule has 19 heavy (non-hydrogen) atoms. The molecule has 0 fully saturated rings. The van der Waals surface area contributed by atoms with Gasteiger partial charge in [0, 0.05) is 10.6 Å². The molecule has 1 atom stereocenters. The van der Waals surface area contributed by atoms with Gasteiger partial charge in [-0.25, -0.2) is 4.39 Å². The summed E-state index contributed by atoms with van der Waals surface area (Å²) in [5, 5.41) is 0.351. The van der Waals surface area contributed by atoms with E-state index in [1.54, 1.807) is 25.3 Å². The summed E-state index contributed by atoms with van der Waals surface area (Å²) >= 11 is 9.11. The van der Waals surface area contributed by atoms with Crippen LogP contribution in [0, 0.1) is 5.82 Å². The molecular weight excluding hydrogens is 333 g/mol. The van der Waals surface area contributed by atoms with E-state index in [4.69, 9.17) is 22.1 Å². The zero-order chi connectivity index (χ0) is 14.0. The first-order valence-corrected chi connectivity index (χ1v) is 6.74. The minimum Gasteiger partial charge on any atom is -0.496 e. The monoisotopic (exact) mass is 343 g/mol. The van der Waals surface area contributed by atoms with Crippen molar-refractivity contribution in [1.29, 1.82) is 0 Å². The number of benzene rings is 2. The van der Waals surface area contributed by atoms with Crippen LogP contribution in [0.2, 0.25) is 5.02 Å². The van der Waals surface area contributed by atoms with Crippen LogP contribution in [0.1, 0.15) is 17.2 Å². The predicted octanol–water partition coefficient (Wildman–Crippen LogP) is 4.30. The smallest absolute Gasteiger partial charge is 0.133 e. The normalized spacial score (nSPS) is 12.3. The summed E-state index contributed by atoms with van der Waals surface area (Å²) in [6.07, 6.45) is 0. The first-order chi connectivity index (χ1) is 9.02. The van der Waals surface area contributed by atoms with Gasteiger partial charge in [-0.3, -0.25) is 0 Å². The second kappa shape index (κ2) is 5.90. The van der Waals surface area contributed by atoms with Crippen molar-refractivity contribution in [2.24, 2.45) is 5.73 Å². The third kappa shape index (κ3) is 3.08. The second-order valence-corrected chi connectivity index (χ2v) is 5.33. The fourth-order valence-electron chi connectivity index (χ4n) is 1.81. The summed E-state index contributed by atoms with van der Waals surface area (Å²) in [5.74, 6) is 0.291. The lowest BCUT2D eigenvalue weighted by Crippen LogP contribution is -2.13. The number of hydrogen-bond acceptors (Lipinski definition) is 2.